The van der Waals surface area contributed by atoms with Gasteiger partial charge in [0.2, 0.25) is 0 Å². The first kappa shape index (κ1) is 17.9. The second-order valence-corrected chi connectivity index (χ2v) is 5.36. The molecule has 1 aromatic heterocycles. The summed E-state index contributed by atoms with van der Waals surface area (Å²) >= 11 is 0. The summed E-state index contributed by atoms with van der Waals surface area (Å²) in [6.07, 6.45) is 3.39. The van der Waals surface area contributed by atoms with E-state index in [2.05, 4.69) is 20.2 Å². The molecule has 0 amide bonds. The highest BCUT2D eigenvalue weighted by Crippen LogP contribution is 2.19. The molecule has 1 atom stereocenters. The Hall–Kier alpha value is -2.47. The van der Waals surface area contributed by atoms with Crippen LogP contribution in [0, 0.1) is 0 Å². The van der Waals surface area contributed by atoms with E-state index >= 15 is 0 Å². The van der Waals surface area contributed by atoms with E-state index in [1.54, 1.807) is 7.11 Å². The zero-order chi connectivity index (χ0) is 17.2. The fourth-order valence-corrected chi connectivity index (χ4v) is 2.30. The van der Waals surface area contributed by atoms with Crippen LogP contribution >= 0.6 is 0 Å². The summed E-state index contributed by atoms with van der Waals surface area (Å²) in [5.74, 6) is 1.43. The lowest BCUT2D eigenvalue weighted by atomic mass is 10.1. The number of nitrogens with zero attached hydrogens (tertiary/aromatic N) is 2. The molecule has 0 saturated heterocycles. The van der Waals surface area contributed by atoms with Gasteiger partial charge in [-0.05, 0) is 36.8 Å². The number of aromatic nitrogens is 1. The lowest BCUT2D eigenvalue weighted by Gasteiger charge is -2.14. The van der Waals surface area contributed by atoms with E-state index in [9.17, 15) is 5.11 Å². The first-order valence-electron chi connectivity index (χ1n) is 8.18. The number of ether oxygens (including phenoxy) is 1. The Morgan fingerprint density at radius 3 is 2.75 bits per heavy atom. The van der Waals surface area contributed by atoms with Gasteiger partial charge in [0.1, 0.15) is 5.75 Å². The van der Waals surface area contributed by atoms with Crippen LogP contribution < -0.4 is 15.4 Å². The fourth-order valence-electron chi connectivity index (χ4n) is 2.30. The minimum absolute atomic E-state index is 0.284. The molecule has 3 N–H and O–H groups in total. The van der Waals surface area contributed by atoms with Gasteiger partial charge in [0, 0.05) is 32.0 Å². The van der Waals surface area contributed by atoms with Gasteiger partial charge in [0.15, 0.2) is 5.96 Å². The summed E-state index contributed by atoms with van der Waals surface area (Å²) in [5.41, 5.74) is 0.793. The maximum absolute atomic E-state index is 10.3. The lowest BCUT2D eigenvalue weighted by Crippen LogP contribution is -2.39. The van der Waals surface area contributed by atoms with Crippen molar-refractivity contribution in [3.8, 4) is 5.75 Å². The number of hydrogen-bond acceptors (Lipinski definition) is 3. The van der Waals surface area contributed by atoms with Crippen LogP contribution in [0.4, 0.5) is 0 Å². The van der Waals surface area contributed by atoms with Crippen molar-refractivity contribution >= 4 is 5.96 Å². The van der Waals surface area contributed by atoms with Crippen LogP contribution in [0.2, 0.25) is 0 Å². The Morgan fingerprint density at radius 2 is 2.04 bits per heavy atom. The Kier molecular flexibility index (Phi) is 7.17. The van der Waals surface area contributed by atoms with Crippen LogP contribution in [0.3, 0.4) is 0 Å². The molecule has 6 heteroatoms. The number of aliphatic imine (C=N–C) groups is 1. The standard InChI is InChI=1S/C18H26N4O2/c1-3-19-18(20-9-12-22-10-4-5-11-22)21-14-17(23)15-7-6-8-16(13-15)24-2/h4-8,10-11,13,17,23H,3,9,12,14H2,1-2H3,(H2,19,20,21). The van der Waals surface area contributed by atoms with Gasteiger partial charge in [-0.25, -0.2) is 0 Å². The molecule has 1 aromatic carbocycles. The molecule has 130 valence electrons. The van der Waals surface area contributed by atoms with E-state index < -0.39 is 6.10 Å². The maximum Gasteiger partial charge on any atom is 0.191 e. The monoisotopic (exact) mass is 330 g/mol. The number of guanidine groups is 1. The molecule has 0 radical (unpaired) electrons. The zero-order valence-corrected chi connectivity index (χ0v) is 14.3. The number of methoxy groups -OCH3 is 1. The minimum atomic E-state index is -0.667. The van der Waals surface area contributed by atoms with Gasteiger partial charge in [-0.15, -0.1) is 0 Å². The number of nitrogens with one attached hydrogen (secondary N) is 2. The van der Waals surface area contributed by atoms with Crippen molar-refractivity contribution in [2.24, 2.45) is 4.99 Å². The van der Waals surface area contributed by atoms with Gasteiger partial charge in [0.05, 0.1) is 19.8 Å². The van der Waals surface area contributed by atoms with Crippen molar-refractivity contribution in [2.75, 3.05) is 26.7 Å². The van der Waals surface area contributed by atoms with E-state index in [-0.39, 0.29) is 6.54 Å². The highest BCUT2D eigenvalue weighted by molar-refractivity contribution is 5.79. The summed E-state index contributed by atoms with van der Waals surface area (Å²) in [4.78, 5) is 4.46. The molecule has 0 aliphatic rings. The third-order valence-electron chi connectivity index (χ3n) is 3.57. The largest absolute Gasteiger partial charge is 0.497 e. The maximum atomic E-state index is 10.3. The summed E-state index contributed by atoms with van der Waals surface area (Å²) in [5, 5.41) is 16.8. The van der Waals surface area contributed by atoms with Gasteiger partial charge < -0.3 is 25.0 Å². The molecule has 0 spiro atoms. The predicted octanol–water partition coefficient (Wildman–Crippen LogP) is 1.79. The van der Waals surface area contributed by atoms with Crippen LogP contribution in [-0.4, -0.2) is 42.4 Å². The van der Waals surface area contributed by atoms with E-state index in [0.717, 1.165) is 30.9 Å². The molecule has 1 unspecified atom stereocenters. The average molecular weight is 330 g/mol. The molecular formula is C18H26N4O2. The molecule has 2 rings (SSSR count). The van der Waals surface area contributed by atoms with Crippen molar-refractivity contribution in [2.45, 2.75) is 19.6 Å². The quantitative estimate of drug-likeness (QED) is 0.510. The molecule has 0 bridgehead atoms. The fraction of sp³-hybridized carbons (Fsp3) is 0.389. The van der Waals surface area contributed by atoms with Crippen molar-refractivity contribution in [1.82, 2.24) is 15.2 Å². The third kappa shape index (κ3) is 5.62. The normalized spacial score (nSPS) is 12.7. The van der Waals surface area contributed by atoms with Crippen molar-refractivity contribution in [3.63, 3.8) is 0 Å². The SMILES string of the molecule is CCNC(=NCC(O)c1cccc(OC)c1)NCCn1cccc1. The first-order chi connectivity index (χ1) is 11.7. The first-order valence-corrected chi connectivity index (χ1v) is 8.18. The number of rotatable bonds is 8. The van der Waals surface area contributed by atoms with Crippen molar-refractivity contribution in [3.05, 3.63) is 54.4 Å². The van der Waals surface area contributed by atoms with Crippen LogP contribution in [0.15, 0.2) is 53.8 Å². The van der Waals surface area contributed by atoms with Gasteiger partial charge in [-0.2, -0.15) is 0 Å². The molecule has 6 nitrogen and oxygen atoms in total. The van der Waals surface area contributed by atoms with Crippen LogP contribution in [0.1, 0.15) is 18.6 Å². The lowest BCUT2D eigenvalue weighted by molar-refractivity contribution is 0.186. The Labute approximate surface area is 143 Å². The second-order valence-electron chi connectivity index (χ2n) is 5.36. The number of aliphatic hydroxyl groups is 1. The second kappa shape index (κ2) is 9.62. The predicted molar refractivity (Wildman–Crippen MR) is 96.4 cm³/mol. The van der Waals surface area contributed by atoms with Gasteiger partial charge >= 0.3 is 0 Å². The van der Waals surface area contributed by atoms with Crippen molar-refractivity contribution < 1.29 is 9.84 Å². The van der Waals surface area contributed by atoms with Gasteiger partial charge in [-0.1, -0.05) is 12.1 Å². The van der Waals surface area contributed by atoms with E-state index in [1.807, 2.05) is 55.7 Å². The summed E-state index contributed by atoms with van der Waals surface area (Å²) < 4.78 is 7.28. The van der Waals surface area contributed by atoms with Crippen molar-refractivity contribution in [1.29, 1.82) is 0 Å². The van der Waals surface area contributed by atoms with Crippen LogP contribution in [0.5, 0.6) is 5.75 Å². The Balaban J connectivity index is 1.88. The smallest absolute Gasteiger partial charge is 0.191 e. The molecule has 24 heavy (non-hydrogen) atoms. The number of aliphatic hydroxyl groups excluding tert-OH is 1. The molecule has 0 fully saturated rings. The van der Waals surface area contributed by atoms with Gasteiger partial charge in [0.25, 0.3) is 0 Å². The van der Waals surface area contributed by atoms with E-state index in [4.69, 9.17) is 4.74 Å². The van der Waals surface area contributed by atoms with E-state index in [0.29, 0.717) is 5.96 Å². The minimum Gasteiger partial charge on any atom is -0.497 e. The molecule has 0 saturated carbocycles. The molecule has 0 aliphatic carbocycles. The average Bonchev–Trinajstić information content (AvgIpc) is 3.13. The number of benzene rings is 1. The zero-order valence-electron chi connectivity index (χ0n) is 14.3. The molecule has 0 aliphatic heterocycles. The molecule has 1 heterocycles. The topological polar surface area (TPSA) is 70.8 Å². The highest BCUT2D eigenvalue weighted by Gasteiger charge is 2.08. The Morgan fingerprint density at radius 1 is 1.25 bits per heavy atom. The van der Waals surface area contributed by atoms with Gasteiger partial charge in [-0.3, -0.25) is 4.99 Å². The third-order valence-corrected chi connectivity index (χ3v) is 3.57. The summed E-state index contributed by atoms with van der Waals surface area (Å²) in [6, 6.07) is 11.4. The van der Waals surface area contributed by atoms with Crippen LogP contribution in [0.25, 0.3) is 0 Å². The summed E-state index contributed by atoms with van der Waals surface area (Å²) in [6.45, 7) is 4.68. The van der Waals surface area contributed by atoms with E-state index in [1.165, 1.54) is 0 Å². The summed E-state index contributed by atoms with van der Waals surface area (Å²) in [7, 11) is 1.61. The van der Waals surface area contributed by atoms with Crippen LogP contribution in [-0.2, 0) is 6.54 Å². The number of hydrogen-bond donors (Lipinski definition) is 3. The highest BCUT2D eigenvalue weighted by atomic mass is 16.5. The molecular weight excluding hydrogens is 304 g/mol. The molecule has 2 aromatic rings. The Bertz CT molecular complexity index is 626.